The van der Waals surface area contributed by atoms with Gasteiger partial charge in [0, 0.05) is 6.07 Å². The molecule has 0 aliphatic heterocycles. The quantitative estimate of drug-likeness (QED) is 0.779. The SMILES string of the molecule is Cc1nc(COc2ccccc2N)cc(=O)[nH]1. The maximum absolute atomic E-state index is 11.2. The number of rotatable bonds is 3. The molecule has 0 aliphatic carbocycles. The summed E-state index contributed by atoms with van der Waals surface area (Å²) in [6.07, 6.45) is 0. The third kappa shape index (κ3) is 2.84. The lowest BCUT2D eigenvalue weighted by molar-refractivity contribution is 0.302. The van der Waals surface area contributed by atoms with Gasteiger partial charge in [-0.1, -0.05) is 12.1 Å². The Morgan fingerprint density at radius 2 is 2.18 bits per heavy atom. The van der Waals surface area contributed by atoms with Crippen molar-refractivity contribution in [2.45, 2.75) is 13.5 Å². The number of nitrogens with one attached hydrogen (secondary N) is 1. The zero-order valence-corrected chi connectivity index (χ0v) is 9.43. The van der Waals surface area contributed by atoms with Gasteiger partial charge in [0.1, 0.15) is 18.2 Å². The highest BCUT2D eigenvalue weighted by molar-refractivity contribution is 5.51. The van der Waals surface area contributed by atoms with Gasteiger partial charge in [0.2, 0.25) is 0 Å². The van der Waals surface area contributed by atoms with Gasteiger partial charge in [-0.2, -0.15) is 0 Å². The summed E-state index contributed by atoms with van der Waals surface area (Å²) in [7, 11) is 0. The topological polar surface area (TPSA) is 81.0 Å². The molecule has 0 unspecified atom stereocenters. The number of nitrogens with zero attached hydrogens (tertiary/aromatic N) is 1. The van der Waals surface area contributed by atoms with Crippen LogP contribution < -0.4 is 16.0 Å². The number of hydrogen-bond donors (Lipinski definition) is 2. The molecular formula is C12H13N3O2. The van der Waals surface area contributed by atoms with E-state index in [4.69, 9.17) is 10.5 Å². The van der Waals surface area contributed by atoms with E-state index in [1.165, 1.54) is 6.07 Å². The molecular weight excluding hydrogens is 218 g/mol. The summed E-state index contributed by atoms with van der Waals surface area (Å²) in [5, 5.41) is 0. The van der Waals surface area contributed by atoms with Crippen molar-refractivity contribution < 1.29 is 4.74 Å². The molecule has 3 N–H and O–H groups in total. The van der Waals surface area contributed by atoms with Crippen molar-refractivity contribution in [3.05, 3.63) is 52.2 Å². The Hall–Kier alpha value is -2.30. The minimum atomic E-state index is -0.183. The molecule has 5 heteroatoms. The number of para-hydroxylation sites is 2. The van der Waals surface area contributed by atoms with Crippen LogP contribution in [0.3, 0.4) is 0 Å². The van der Waals surface area contributed by atoms with Crippen molar-refractivity contribution in [2.75, 3.05) is 5.73 Å². The fourth-order valence-electron chi connectivity index (χ4n) is 1.48. The van der Waals surface area contributed by atoms with Crippen molar-refractivity contribution in [1.29, 1.82) is 0 Å². The normalized spacial score (nSPS) is 10.2. The molecule has 0 amide bonds. The van der Waals surface area contributed by atoms with Gasteiger partial charge in [-0.3, -0.25) is 4.79 Å². The third-order valence-electron chi connectivity index (χ3n) is 2.21. The molecule has 88 valence electrons. The van der Waals surface area contributed by atoms with Gasteiger partial charge in [-0.25, -0.2) is 4.98 Å². The van der Waals surface area contributed by atoms with E-state index < -0.39 is 0 Å². The Bertz CT molecular complexity index is 578. The standard InChI is InChI=1S/C12H13N3O2/c1-8-14-9(6-12(16)15-8)7-17-11-5-3-2-4-10(11)13/h2-6H,7,13H2,1H3,(H,14,15,16). The molecule has 1 aromatic carbocycles. The predicted octanol–water partition coefficient (Wildman–Crippen LogP) is 1.24. The van der Waals surface area contributed by atoms with E-state index in [0.717, 1.165) is 0 Å². The van der Waals surface area contributed by atoms with Crippen LogP contribution in [0.4, 0.5) is 5.69 Å². The number of anilines is 1. The zero-order chi connectivity index (χ0) is 12.3. The number of hydrogen-bond acceptors (Lipinski definition) is 4. The summed E-state index contributed by atoms with van der Waals surface area (Å²) in [5.41, 5.74) is 6.69. The second-order valence-electron chi connectivity index (χ2n) is 3.65. The van der Waals surface area contributed by atoms with Gasteiger partial charge in [0.25, 0.3) is 5.56 Å². The van der Waals surface area contributed by atoms with Gasteiger partial charge >= 0.3 is 0 Å². The van der Waals surface area contributed by atoms with Crippen LogP contribution in [0.15, 0.2) is 35.1 Å². The molecule has 2 rings (SSSR count). The Morgan fingerprint density at radius 1 is 1.41 bits per heavy atom. The molecule has 17 heavy (non-hydrogen) atoms. The van der Waals surface area contributed by atoms with Crippen LogP contribution in [0.25, 0.3) is 0 Å². The van der Waals surface area contributed by atoms with Crippen LogP contribution >= 0.6 is 0 Å². The fourth-order valence-corrected chi connectivity index (χ4v) is 1.48. The molecule has 0 spiro atoms. The fraction of sp³-hybridized carbons (Fsp3) is 0.167. The Balaban J connectivity index is 2.13. The van der Waals surface area contributed by atoms with Crippen LogP contribution in [0.2, 0.25) is 0 Å². The first-order chi connectivity index (χ1) is 8.15. The molecule has 1 heterocycles. The molecule has 0 aliphatic rings. The highest BCUT2D eigenvalue weighted by Crippen LogP contribution is 2.20. The van der Waals surface area contributed by atoms with Crippen molar-refractivity contribution in [1.82, 2.24) is 9.97 Å². The van der Waals surface area contributed by atoms with E-state index in [0.29, 0.717) is 23.0 Å². The van der Waals surface area contributed by atoms with E-state index in [-0.39, 0.29) is 12.2 Å². The highest BCUT2D eigenvalue weighted by atomic mass is 16.5. The second-order valence-corrected chi connectivity index (χ2v) is 3.65. The largest absolute Gasteiger partial charge is 0.485 e. The lowest BCUT2D eigenvalue weighted by Gasteiger charge is -2.07. The van der Waals surface area contributed by atoms with Crippen LogP contribution in [0.1, 0.15) is 11.5 Å². The second kappa shape index (κ2) is 4.69. The number of nitrogens with two attached hydrogens (primary N) is 1. The molecule has 0 saturated heterocycles. The summed E-state index contributed by atoms with van der Waals surface area (Å²) in [5.74, 6) is 1.16. The molecule has 0 radical (unpaired) electrons. The number of aromatic amines is 1. The predicted molar refractivity (Wildman–Crippen MR) is 64.8 cm³/mol. The van der Waals surface area contributed by atoms with Crippen molar-refractivity contribution in [3.8, 4) is 5.75 Å². The van der Waals surface area contributed by atoms with Gasteiger partial charge in [0.05, 0.1) is 11.4 Å². The van der Waals surface area contributed by atoms with Crippen molar-refractivity contribution in [3.63, 3.8) is 0 Å². The van der Waals surface area contributed by atoms with Crippen LogP contribution in [0.5, 0.6) is 5.75 Å². The average molecular weight is 231 g/mol. The third-order valence-corrected chi connectivity index (χ3v) is 2.21. The summed E-state index contributed by atoms with van der Waals surface area (Å²) < 4.78 is 5.49. The van der Waals surface area contributed by atoms with E-state index in [1.807, 2.05) is 12.1 Å². The highest BCUT2D eigenvalue weighted by Gasteiger charge is 2.02. The number of aromatic nitrogens is 2. The van der Waals surface area contributed by atoms with E-state index in [2.05, 4.69) is 9.97 Å². The Morgan fingerprint density at radius 3 is 2.88 bits per heavy atom. The monoisotopic (exact) mass is 231 g/mol. The average Bonchev–Trinajstić information content (AvgIpc) is 2.27. The summed E-state index contributed by atoms with van der Waals surface area (Å²) >= 11 is 0. The Kier molecular flexibility index (Phi) is 3.09. The Labute approximate surface area is 98.3 Å². The van der Waals surface area contributed by atoms with Crippen LogP contribution in [-0.2, 0) is 6.61 Å². The maximum Gasteiger partial charge on any atom is 0.251 e. The van der Waals surface area contributed by atoms with Crippen LogP contribution in [-0.4, -0.2) is 9.97 Å². The number of nitrogen functional groups attached to an aromatic ring is 1. The number of ether oxygens (including phenoxy) is 1. The maximum atomic E-state index is 11.2. The molecule has 0 saturated carbocycles. The number of benzene rings is 1. The van der Waals surface area contributed by atoms with Gasteiger partial charge < -0.3 is 15.5 Å². The summed E-state index contributed by atoms with van der Waals surface area (Å²) in [4.78, 5) is 17.9. The minimum Gasteiger partial charge on any atom is -0.485 e. The lowest BCUT2D eigenvalue weighted by atomic mass is 10.3. The zero-order valence-electron chi connectivity index (χ0n) is 9.43. The smallest absolute Gasteiger partial charge is 0.251 e. The molecule has 5 nitrogen and oxygen atoms in total. The molecule has 2 aromatic rings. The molecule has 1 aromatic heterocycles. The first kappa shape index (κ1) is 11.2. The first-order valence-corrected chi connectivity index (χ1v) is 5.19. The molecule has 0 bridgehead atoms. The van der Waals surface area contributed by atoms with Crippen molar-refractivity contribution >= 4 is 5.69 Å². The summed E-state index contributed by atoms with van der Waals surface area (Å²) in [6.45, 7) is 1.95. The van der Waals surface area contributed by atoms with Crippen molar-refractivity contribution in [2.24, 2.45) is 0 Å². The van der Waals surface area contributed by atoms with Gasteiger partial charge in [-0.15, -0.1) is 0 Å². The minimum absolute atomic E-state index is 0.183. The number of H-pyrrole nitrogens is 1. The molecule has 0 atom stereocenters. The van der Waals surface area contributed by atoms with E-state index in [9.17, 15) is 4.79 Å². The van der Waals surface area contributed by atoms with E-state index >= 15 is 0 Å². The summed E-state index contributed by atoms with van der Waals surface area (Å²) in [6, 6.07) is 8.60. The van der Waals surface area contributed by atoms with Crippen LogP contribution in [0, 0.1) is 6.92 Å². The number of aryl methyl sites for hydroxylation is 1. The van der Waals surface area contributed by atoms with Gasteiger partial charge in [-0.05, 0) is 19.1 Å². The molecule has 0 fully saturated rings. The first-order valence-electron chi connectivity index (χ1n) is 5.19. The van der Waals surface area contributed by atoms with E-state index in [1.54, 1.807) is 19.1 Å². The van der Waals surface area contributed by atoms with Gasteiger partial charge in [0.15, 0.2) is 0 Å². The lowest BCUT2D eigenvalue weighted by Crippen LogP contribution is -2.12.